The average Bonchev–Trinajstić information content (AvgIpc) is 3.70. The van der Waals surface area contributed by atoms with Gasteiger partial charge in [-0.1, -0.05) is 12.8 Å². The maximum atomic E-state index is 13.4. The Kier molecular flexibility index (Phi) is 7.06. The van der Waals surface area contributed by atoms with Gasteiger partial charge in [0.05, 0.1) is 25.0 Å². The molecule has 5 rings (SSSR count). The van der Waals surface area contributed by atoms with Crippen LogP contribution in [0.4, 0.5) is 17.3 Å². The number of carbonyl (C=O) groups is 2. The number of carbonyl (C=O) groups excluding carboxylic acids is 1. The van der Waals surface area contributed by atoms with E-state index in [1.165, 1.54) is 12.8 Å². The molecule has 1 amide bonds. The van der Waals surface area contributed by atoms with Gasteiger partial charge in [0.1, 0.15) is 23.8 Å². The van der Waals surface area contributed by atoms with Crippen molar-refractivity contribution in [1.82, 2.24) is 15.0 Å². The molecule has 36 heavy (non-hydrogen) atoms. The van der Waals surface area contributed by atoms with Gasteiger partial charge in [-0.15, -0.1) is 0 Å². The fraction of sp³-hybridized carbons (Fsp3) is 0.560. The first-order valence-corrected chi connectivity index (χ1v) is 12.7. The van der Waals surface area contributed by atoms with Crippen LogP contribution in [-0.2, 0) is 4.79 Å². The zero-order valence-corrected chi connectivity index (χ0v) is 20.3. The third kappa shape index (κ3) is 5.60. The minimum Gasteiger partial charge on any atom is -0.481 e. The summed E-state index contributed by atoms with van der Waals surface area (Å²) in [6.45, 7) is 2.58. The predicted molar refractivity (Wildman–Crippen MR) is 132 cm³/mol. The highest BCUT2D eigenvalue weighted by molar-refractivity contribution is 6.10. The van der Waals surface area contributed by atoms with E-state index in [0.717, 1.165) is 50.5 Å². The van der Waals surface area contributed by atoms with Gasteiger partial charge >= 0.3 is 12.0 Å². The van der Waals surface area contributed by atoms with Crippen molar-refractivity contribution in [2.24, 2.45) is 11.8 Å². The molecule has 11 nitrogen and oxygen atoms in total. The third-order valence-electron chi connectivity index (χ3n) is 7.03. The second kappa shape index (κ2) is 10.5. The van der Waals surface area contributed by atoms with Gasteiger partial charge < -0.3 is 30.1 Å². The molecule has 1 saturated heterocycles. The first-order valence-electron chi connectivity index (χ1n) is 12.7. The average molecular weight is 497 g/mol. The lowest BCUT2D eigenvalue weighted by Crippen LogP contribution is -2.35. The Labute approximate surface area is 209 Å². The number of hydrogen-bond donors (Lipinski definition) is 2. The number of carboxylic acid groups (broad SMARTS) is 1. The zero-order chi connectivity index (χ0) is 25.1. The van der Waals surface area contributed by atoms with E-state index in [1.807, 2.05) is 12.1 Å². The normalized spacial score (nSPS) is 18.4. The lowest BCUT2D eigenvalue weighted by molar-refractivity contribution is -0.138. The van der Waals surface area contributed by atoms with E-state index in [2.05, 4.69) is 19.9 Å². The number of nitrogens with two attached hydrogens (primary N) is 1. The highest BCUT2D eigenvalue weighted by Crippen LogP contribution is 2.34. The van der Waals surface area contributed by atoms with E-state index < -0.39 is 5.97 Å². The van der Waals surface area contributed by atoms with Crippen LogP contribution in [0.5, 0.6) is 11.9 Å². The standard InChI is InChI=1S/C25H32N6O5/c26-22-21-23(29-25(28-22)36-12-1-2-16-3-4-16)35-13-11-31(24(21)34)18-5-6-19(27-15-18)30-9-7-17(8-10-30)14-20(32)33/h5-6,15-17H,1-4,7-14H2,(H,32,33)(H2,26,28,29). The summed E-state index contributed by atoms with van der Waals surface area (Å²) in [5.41, 5.74) is 6.90. The van der Waals surface area contributed by atoms with Gasteiger partial charge in [0, 0.05) is 19.5 Å². The number of aromatic nitrogens is 3. The van der Waals surface area contributed by atoms with Crippen LogP contribution in [0, 0.1) is 11.8 Å². The van der Waals surface area contributed by atoms with Crippen molar-refractivity contribution < 1.29 is 24.2 Å². The number of nitrogens with zero attached hydrogens (tertiary/aromatic N) is 5. The quantitative estimate of drug-likeness (QED) is 0.497. The van der Waals surface area contributed by atoms with Crippen molar-refractivity contribution in [3.63, 3.8) is 0 Å². The Balaban J connectivity index is 1.24. The molecule has 192 valence electrons. The first kappa shape index (κ1) is 24.1. The molecule has 11 heteroatoms. The summed E-state index contributed by atoms with van der Waals surface area (Å²) in [5.74, 6) is 0.917. The molecule has 3 N–H and O–H groups in total. The number of ether oxygens (including phenoxy) is 2. The highest BCUT2D eigenvalue weighted by atomic mass is 16.5. The monoisotopic (exact) mass is 496 g/mol. The van der Waals surface area contributed by atoms with Crippen molar-refractivity contribution in [2.75, 3.05) is 48.4 Å². The molecule has 4 heterocycles. The fourth-order valence-electron chi connectivity index (χ4n) is 4.80. The van der Waals surface area contributed by atoms with Crippen molar-refractivity contribution >= 4 is 29.2 Å². The molecule has 0 atom stereocenters. The van der Waals surface area contributed by atoms with Gasteiger partial charge in [0.25, 0.3) is 5.91 Å². The van der Waals surface area contributed by atoms with Gasteiger partial charge in [-0.05, 0) is 49.7 Å². The second-order valence-corrected chi connectivity index (χ2v) is 9.71. The van der Waals surface area contributed by atoms with Gasteiger partial charge in [-0.2, -0.15) is 9.97 Å². The summed E-state index contributed by atoms with van der Waals surface area (Å²) in [6, 6.07) is 3.86. The van der Waals surface area contributed by atoms with Crippen LogP contribution >= 0.6 is 0 Å². The van der Waals surface area contributed by atoms with Gasteiger partial charge in [-0.3, -0.25) is 9.59 Å². The van der Waals surface area contributed by atoms with E-state index in [4.69, 9.17) is 20.3 Å². The number of piperidine rings is 1. The summed E-state index contributed by atoms with van der Waals surface area (Å²) in [7, 11) is 0. The number of fused-ring (bicyclic) bond motifs is 1. The molecular weight excluding hydrogens is 464 g/mol. The molecule has 0 unspecified atom stereocenters. The Morgan fingerprint density at radius 3 is 2.64 bits per heavy atom. The lowest BCUT2D eigenvalue weighted by atomic mass is 9.94. The van der Waals surface area contributed by atoms with E-state index >= 15 is 0 Å². The van der Waals surface area contributed by atoms with Crippen LogP contribution in [0.2, 0.25) is 0 Å². The van der Waals surface area contributed by atoms with Crippen LogP contribution in [0.3, 0.4) is 0 Å². The van der Waals surface area contributed by atoms with Crippen LogP contribution in [0.1, 0.15) is 55.3 Å². The molecule has 0 radical (unpaired) electrons. The molecule has 2 aliphatic heterocycles. The predicted octanol–water partition coefficient (Wildman–Crippen LogP) is 2.75. The van der Waals surface area contributed by atoms with Gasteiger partial charge in [0.15, 0.2) is 0 Å². The second-order valence-electron chi connectivity index (χ2n) is 9.71. The number of hydrogen-bond acceptors (Lipinski definition) is 9. The molecular formula is C25H32N6O5. The summed E-state index contributed by atoms with van der Waals surface area (Å²) in [4.78, 5) is 41.1. The molecule has 1 saturated carbocycles. The molecule has 2 aromatic heterocycles. The highest BCUT2D eigenvalue weighted by Gasteiger charge is 2.31. The van der Waals surface area contributed by atoms with Gasteiger partial charge in [0.2, 0.25) is 5.88 Å². The zero-order valence-electron chi connectivity index (χ0n) is 20.3. The Morgan fingerprint density at radius 1 is 1.14 bits per heavy atom. The molecule has 1 aliphatic carbocycles. The minimum absolute atomic E-state index is 0.0305. The molecule has 2 aromatic rings. The number of anilines is 3. The summed E-state index contributed by atoms with van der Waals surface area (Å²) >= 11 is 0. The fourth-order valence-corrected chi connectivity index (χ4v) is 4.80. The largest absolute Gasteiger partial charge is 0.481 e. The summed E-state index contributed by atoms with van der Waals surface area (Å²) in [6.07, 6.45) is 8.19. The number of rotatable bonds is 9. The smallest absolute Gasteiger partial charge is 0.321 e. The molecule has 3 aliphatic rings. The van der Waals surface area contributed by atoms with E-state index in [0.29, 0.717) is 18.8 Å². The van der Waals surface area contributed by atoms with Crippen molar-refractivity contribution in [1.29, 1.82) is 0 Å². The SMILES string of the molecule is Nc1nc(OCCCC2CC2)nc2c1C(=O)N(c1ccc(N3CCC(CC(=O)O)CC3)nc1)CCO2. The third-order valence-corrected chi connectivity index (χ3v) is 7.03. The maximum Gasteiger partial charge on any atom is 0.321 e. The van der Waals surface area contributed by atoms with Crippen molar-refractivity contribution in [2.45, 2.75) is 44.9 Å². The van der Waals surface area contributed by atoms with Crippen LogP contribution in [-0.4, -0.2) is 64.8 Å². The summed E-state index contributed by atoms with van der Waals surface area (Å²) < 4.78 is 11.4. The topological polar surface area (TPSA) is 144 Å². The Hall–Kier alpha value is -3.63. The number of carboxylic acids is 1. The lowest BCUT2D eigenvalue weighted by Gasteiger charge is -2.32. The van der Waals surface area contributed by atoms with E-state index in [9.17, 15) is 9.59 Å². The first-order chi connectivity index (χ1) is 17.5. The molecule has 0 bridgehead atoms. The van der Waals surface area contributed by atoms with Crippen LogP contribution < -0.4 is 25.0 Å². The molecule has 0 spiro atoms. The summed E-state index contributed by atoms with van der Waals surface area (Å²) in [5, 5.41) is 9.01. The Bertz CT molecular complexity index is 1100. The number of aliphatic carboxylic acids is 1. The van der Waals surface area contributed by atoms with E-state index in [1.54, 1.807) is 11.1 Å². The van der Waals surface area contributed by atoms with Crippen LogP contribution in [0.15, 0.2) is 18.3 Å². The van der Waals surface area contributed by atoms with E-state index in [-0.39, 0.29) is 48.1 Å². The van der Waals surface area contributed by atoms with Gasteiger partial charge in [-0.25, -0.2) is 4.98 Å². The van der Waals surface area contributed by atoms with Crippen molar-refractivity contribution in [3.8, 4) is 11.9 Å². The van der Waals surface area contributed by atoms with Crippen molar-refractivity contribution in [3.05, 3.63) is 23.9 Å². The molecule has 2 fully saturated rings. The Morgan fingerprint density at radius 2 is 1.94 bits per heavy atom. The molecule has 0 aromatic carbocycles. The van der Waals surface area contributed by atoms with Crippen LogP contribution in [0.25, 0.3) is 0 Å². The minimum atomic E-state index is -0.748. The number of pyridine rings is 1. The maximum absolute atomic E-state index is 13.4. The number of nitrogen functional groups attached to an aromatic ring is 1. The number of amides is 1.